The second-order valence-electron chi connectivity index (χ2n) is 2.74. The smallest absolute Gasteiger partial charge is 0.156 e. The van der Waals surface area contributed by atoms with Gasteiger partial charge in [0.1, 0.15) is 15.0 Å². The quantitative estimate of drug-likeness (QED) is 0.925. The standard InChI is InChI=1S/C8H4ClFN2OS3/c9-6-8(16(13)14)15-7(12-6)4-1-5(10)3-11-2-4/h1-3H,(H,13,14). The van der Waals surface area contributed by atoms with Crippen LogP contribution in [0.25, 0.3) is 10.6 Å². The van der Waals surface area contributed by atoms with E-state index in [1.165, 1.54) is 12.3 Å². The van der Waals surface area contributed by atoms with E-state index in [-0.39, 0.29) is 5.15 Å². The highest BCUT2D eigenvalue weighted by molar-refractivity contribution is 8.26. The molecule has 1 atom stereocenters. The van der Waals surface area contributed by atoms with Gasteiger partial charge in [-0.15, -0.1) is 11.3 Å². The lowest BCUT2D eigenvalue weighted by Gasteiger charge is -1.94. The summed E-state index contributed by atoms with van der Waals surface area (Å²) < 4.78 is 22.6. The minimum absolute atomic E-state index is 0.157. The van der Waals surface area contributed by atoms with Crippen LogP contribution in [-0.2, 0) is 20.9 Å². The molecule has 0 bridgehead atoms. The molecule has 0 saturated heterocycles. The monoisotopic (exact) mass is 294 g/mol. The Kier molecular flexibility index (Phi) is 3.60. The first-order valence-corrected chi connectivity index (χ1v) is 7.26. The van der Waals surface area contributed by atoms with Gasteiger partial charge in [0.25, 0.3) is 0 Å². The Morgan fingerprint density at radius 1 is 1.50 bits per heavy atom. The van der Waals surface area contributed by atoms with Crippen molar-refractivity contribution in [3.63, 3.8) is 0 Å². The van der Waals surface area contributed by atoms with Gasteiger partial charge in [0.2, 0.25) is 0 Å². The molecule has 0 amide bonds. The third-order valence-corrected chi connectivity index (χ3v) is 5.12. The molecule has 2 rings (SSSR count). The van der Waals surface area contributed by atoms with E-state index >= 15 is 0 Å². The minimum atomic E-state index is -1.36. The van der Waals surface area contributed by atoms with Crippen molar-refractivity contribution in [3.8, 4) is 10.6 Å². The zero-order chi connectivity index (χ0) is 11.7. The average Bonchev–Trinajstić information content (AvgIpc) is 2.60. The number of halogens is 2. The van der Waals surface area contributed by atoms with Crippen molar-refractivity contribution in [2.24, 2.45) is 0 Å². The summed E-state index contributed by atoms with van der Waals surface area (Å²) >= 11 is 11.6. The number of hydrogen-bond donors (Lipinski definition) is 1. The molecule has 2 heterocycles. The van der Waals surface area contributed by atoms with E-state index in [9.17, 15) is 8.94 Å². The second kappa shape index (κ2) is 4.80. The Bertz CT molecular complexity index is 560. The summed E-state index contributed by atoms with van der Waals surface area (Å²) in [7, 11) is -1.36. The summed E-state index contributed by atoms with van der Waals surface area (Å²) in [5.41, 5.74) is 0.513. The highest BCUT2D eigenvalue weighted by atomic mass is 35.5. The third-order valence-electron chi connectivity index (χ3n) is 1.67. The molecule has 1 unspecified atom stereocenters. The lowest BCUT2D eigenvalue weighted by Crippen LogP contribution is -1.81. The molecule has 84 valence electrons. The maximum Gasteiger partial charge on any atom is 0.156 e. The van der Waals surface area contributed by atoms with Gasteiger partial charge in [-0.3, -0.25) is 4.98 Å². The molecule has 0 aliphatic rings. The van der Waals surface area contributed by atoms with Crippen molar-refractivity contribution in [1.82, 2.24) is 9.97 Å². The molecular weight excluding hydrogens is 291 g/mol. The molecule has 2 aromatic heterocycles. The molecule has 2 aromatic rings. The summed E-state index contributed by atoms with van der Waals surface area (Å²) in [6.45, 7) is 0. The molecule has 8 heteroatoms. The number of nitrogens with zero attached hydrogens (tertiary/aromatic N) is 2. The Labute approximate surface area is 107 Å². The summed E-state index contributed by atoms with van der Waals surface area (Å²) in [4.78, 5) is 7.71. The molecule has 0 saturated carbocycles. The van der Waals surface area contributed by atoms with Gasteiger partial charge >= 0.3 is 0 Å². The zero-order valence-electron chi connectivity index (χ0n) is 7.55. The third kappa shape index (κ3) is 2.44. The van der Waals surface area contributed by atoms with E-state index in [2.05, 4.69) is 9.97 Å². The molecule has 3 nitrogen and oxygen atoms in total. The Morgan fingerprint density at radius 2 is 2.25 bits per heavy atom. The fourth-order valence-electron chi connectivity index (χ4n) is 1.05. The van der Waals surface area contributed by atoms with E-state index in [1.807, 2.05) is 0 Å². The molecule has 0 spiro atoms. The maximum absolute atomic E-state index is 12.9. The SMILES string of the molecule is OS(=S)c1sc(-c2cncc(F)c2)nc1Cl. The van der Waals surface area contributed by atoms with Gasteiger partial charge in [0.05, 0.1) is 15.9 Å². The van der Waals surface area contributed by atoms with Crippen LogP contribution >= 0.6 is 22.9 Å². The first-order chi connectivity index (χ1) is 7.58. The van der Waals surface area contributed by atoms with Crippen LogP contribution in [0.5, 0.6) is 0 Å². The molecular formula is C8H4ClFN2OS3. The highest BCUT2D eigenvalue weighted by Gasteiger charge is 2.13. The van der Waals surface area contributed by atoms with Crippen LogP contribution in [0.4, 0.5) is 4.39 Å². The number of pyridine rings is 1. The normalized spacial score (nSPS) is 12.7. The molecule has 16 heavy (non-hydrogen) atoms. The van der Waals surface area contributed by atoms with Crippen LogP contribution in [0.3, 0.4) is 0 Å². The van der Waals surface area contributed by atoms with E-state index in [4.69, 9.17) is 22.8 Å². The van der Waals surface area contributed by atoms with Crippen LogP contribution in [0, 0.1) is 5.82 Å². The Hall–Kier alpha value is -0.470. The topological polar surface area (TPSA) is 46.0 Å². The first-order valence-electron chi connectivity index (χ1n) is 3.96. The van der Waals surface area contributed by atoms with E-state index in [1.54, 1.807) is 0 Å². The largest absolute Gasteiger partial charge is 0.323 e. The summed E-state index contributed by atoms with van der Waals surface area (Å²) in [5.74, 6) is -0.452. The van der Waals surface area contributed by atoms with Gasteiger partial charge in [0.15, 0.2) is 5.15 Å². The van der Waals surface area contributed by atoms with E-state index in [0.717, 1.165) is 17.5 Å². The molecule has 0 aliphatic heterocycles. The van der Waals surface area contributed by atoms with Crippen molar-refractivity contribution < 1.29 is 8.94 Å². The van der Waals surface area contributed by atoms with Crippen LogP contribution in [0.1, 0.15) is 0 Å². The molecule has 1 N–H and O–H groups in total. The van der Waals surface area contributed by atoms with Crippen molar-refractivity contribution in [2.75, 3.05) is 0 Å². The average molecular weight is 295 g/mol. The Morgan fingerprint density at radius 3 is 2.81 bits per heavy atom. The first kappa shape index (κ1) is 12.0. The summed E-state index contributed by atoms with van der Waals surface area (Å²) in [5, 5.41) is 0.647. The number of aromatic nitrogens is 2. The zero-order valence-corrected chi connectivity index (χ0v) is 10.8. The second-order valence-corrected chi connectivity index (χ2v) is 6.21. The van der Waals surface area contributed by atoms with Gasteiger partial charge in [-0.1, -0.05) is 11.6 Å². The van der Waals surface area contributed by atoms with Crippen LogP contribution < -0.4 is 0 Å². The fraction of sp³-hybridized carbons (Fsp3) is 0. The van der Waals surface area contributed by atoms with Crippen molar-refractivity contribution in [2.45, 2.75) is 4.21 Å². The van der Waals surface area contributed by atoms with Crippen molar-refractivity contribution in [3.05, 3.63) is 29.4 Å². The number of rotatable bonds is 2. The van der Waals surface area contributed by atoms with Gasteiger partial charge in [-0.2, -0.15) is 0 Å². The maximum atomic E-state index is 12.9. The lowest BCUT2D eigenvalue weighted by atomic mass is 10.3. The van der Waals surface area contributed by atoms with Crippen LogP contribution in [-0.4, -0.2) is 14.5 Å². The van der Waals surface area contributed by atoms with Crippen LogP contribution in [0.2, 0.25) is 5.15 Å². The summed E-state index contributed by atoms with van der Waals surface area (Å²) in [6, 6.07) is 1.30. The predicted molar refractivity (Wildman–Crippen MR) is 65.9 cm³/mol. The van der Waals surface area contributed by atoms with Gasteiger partial charge in [-0.05, 0) is 17.3 Å². The molecule has 0 fully saturated rings. The Balaban J connectivity index is 2.49. The lowest BCUT2D eigenvalue weighted by molar-refractivity contribution is 0.622. The van der Waals surface area contributed by atoms with Gasteiger partial charge < -0.3 is 4.55 Å². The van der Waals surface area contributed by atoms with Gasteiger partial charge in [-0.25, -0.2) is 9.37 Å². The fourth-order valence-corrected chi connectivity index (χ4v) is 3.58. The van der Waals surface area contributed by atoms with Crippen molar-refractivity contribution in [1.29, 1.82) is 0 Å². The van der Waals surface area contributed by atoms with Gasteiger partial charge in [0, 0.05) is 11.8 Å². The van der Waals surface area contributed by atoms with E-state index < -0.39 is 15.6 Å². The number of hydrogen-bond acceptors (Lipinski definition) is 4. The highest BCUT2D eigenvalue weighted by Crippen LogP contribution is 2.32. The van der Waals surface area contributed by atoms with Crippen LogP contribution in [0.15, 0.2) is 22.7 Å². The molecule has 0 aliphatic carbocycles. The minimum Gasteiger partial charge on any atom is -0.323 e. The molecule has 0 radical (unpaired) electrons. The van der Waals surface area contributed by atoms with E-state index in [0.29, 0.717) is 14.8 Å². The number of thiazole rings is 1. The summed E-state index contributed by atoms with van der Waals surface area (Å²) in [6.07, 6.45) is 2.57. The van der Waals surface area contributed by atoms with Crippen molar-refractivity contribution >= 4 is 43.9 Å². The molecule has 0 aromatic carbocycles. The predicted octanol–water partition coefficient (Wildman–Crippen LogP) is 2.91.